The lowest BCUT2D eigenvalue weighted by Gasteiger charge is -2.08. The standard InChI is InChI=1S/C16H12O2/c17-16(18)10-12-9-11-5-1-2-6-13(11)15-8-4-3-7-14(12)15/h1-9H,10H2,(H,17,18). The number of carbonyl (C=O) groups is 1. The van der Waals surface area contributed by atoms with Crippen LogP contribution < -0.4 is 0 Å². The normalized spacial score (nSPS) is 10.9. The van der Waals surface area contributed by atoms with E-state index in [1.807, 2.05) is 48.5 Å². The van der Waals surface area contributed by atoms with E-state index in [1.165, 1.54) is 5.39 Å². The van der Waals surface area contributed by atoms with E-state index in [-0.39, 0.29) is 6.42 Å². The fourth-order valence-corrected chi connectivity index (χ4v) is 2.44. The molecule has 0 atom stereocenters. The van der Waals surface area contributed by atoms with Crippen molar-refractivity contribution in [2.45, 2.75) is 6.42 Å². The summed E-state index contributed by atoms with van der Waals surface area (Å²) in [7, 11) is 0. The van der Waals surface area contributed by atoms with Crippen molar-refractivity contribution < 1.29 is 9.90 Å². The maximum absolute atomic E-state index is 10.9. The van der Waals surface area contributed by atoms with Gasteiger partial charge >= 0.3 is 5.97 Å². The van der Waals surface area contributed by atoms with Gasteiger partial charge < -0.3 is 5.11 Å². The number of hydrogen-bond acceptors (Lipinski definition) is 1. The van der Waals surface area contributed by atoms with Crippen molar-refractivity contribution in [3.8, 4) is 0 Å². The lowest BCUT2D eigenvalue weighted by molar-refractivity contribution is -0.136. The molecule has 0 saturated carbocycles. The van der Waals surface area contributed by atoms with E-state index in [4.69, 9.17) is 5.11 Å². The lowest BCUT2D eigenvalue weighted by Crippen LogP contribution is -2.00. The minimum Gasteiger partial charge on any atom is -0.481 e. The van der Waals surface area contributed by atoms with Crippen LogP contribution in [-0.4, -0.2) is 11.1 Å². The Labute approximate surface area is 104 Å². The summed E-state index contributed by atoms with van der Waals surface area (Å²) >= 11 is 0. The molecule has 0 spiro atoms. The predicted molar refractivity (Wildman–Crippen MR) is 72.8 cm³/mol. The first-order valence-electron chi connectivity index (χ1n) is 5.87. The van der Waals surface area contributed by atoms with Crippen LogP contribution in [0.25, 0.3) is 21.5 Å². The summed E-state index contributed by atoms with van der Waals surface area (Å²) in [4.78, 5) is 10.9. The highest BCUT2D eigenvalue weighted by atomic mass is 16.4. The average molecular weight is 236 g/mol. The number of hydrogen-bond donors (Lipinski definition) is 1. The van der Waals surface area contributed by atoms with Gasteiger partial charge in [0, 0.05) is 0 Å². The van der Waals surface area contributed by atoms with Crippen LogP contribution in [0.3, 0.4) is 0 Å². The molecule has 2 nitrogen and oxygen atoms in total. The Balaban J connectivity index is 2.42. The molecule has 1 N–H and O–H groups in total. The molecule has 0 saturated heterocycles. The second-order valence-corrected chi connectivity index (χ2v) is 4.37. The highest BCUT2D eigenvalue weighted by Gasteiger charge is 2.08. The Morgan fingerprint density at radius 3 is 2.22 bits per heavy atom. The molecule has 0 radical (unpaired) electrons. The monoisotopic (exact) mass is 236 g/mol. The SMILES string of the molecule is O=C(O)Cc1cc2ccccc2c2ccccc12. The minimum absolute atomic E-state index is 0.0609. The molecule has 0 unspecified atom stereocenters. The van der Waals surface area contributed by atoms with Gasteiger partial charge in [0.25, 0.3) is 0 Å². The summed E-state index contributed by atoms with van der Waals surface area (Å²) in [5.74, 6) is -0.796. The van der Waals surface area contributed by atoms with Crippen molar-refractivity contribution in [2.75, 3.05) is 0 Å². The van der Waals surface area contributed by atoms with Crippen LogP contribution in [-0.2, 0) is 11.2 Å². The Morgan fingerprint density at radius 2 is 1.50 bits per heavy atom. The molecule has 3 rings (SSSR count). The van der Waals surface area contributed by atoms with E-state index in [9.17, 15) is 4.79 Å². The summed E-state index contributed by atoms with van der Waals surface area (Å²) in [6, 6.07) is 18.0. The third kappa shape index (κ3) is 1.72. The average Bonchev–Trinajstić information content (AvgIpc) is 2.38. The Morgan fingerprint density at radius 1 is 0.889 bits per heavy atom. The summed E-state index contributed by atoms with van der Waals surface area (Å²) < 4.78 is 0. The van der Waals surface area contributed by atoms with Gasteiger partial charge in [0.05, 0.1) is 6.42 Å². The first kappa shape index (κ1) is 10.8. The number of aliphatic carboxylic acids is 1. The largest absolute Gasteiger partial charge is 0.481 e. The first-order chi connectivity index (χ1) is 8.75. The molecule has 0 amide bonds. The summed E-state index contributed by atoms with van der Waals surface area (Å²) in [6.07, 6.45) is 0.0609. The molecular formula is C16H12O2. The Hall–Kier alpha value is -2.35. The lowest BCUT2D eigenvalue weighted by atomic mass is 9.96. The van der Waals surface area contributed by atoms with Gasteiger partial charge in [-0.1, -0.05) is 48.5 Å². The van der Waals surface area contributed by atoms with Gasteiger partial charge in [0.1, 0.15) is 0 Å². The highest BCUT2D eigenvalue weighted by molar-refractivity contribution is 6.09. The number of carboxylic acids is 1. The number of rotatable bonds is 2. The van der Waals surface area contributed by atoms with Crippen molar-refractivity contribution in [3.05, 3.63) is 60.2 Å². The van der Waals surface area contributed by atoms with Crippen molar-refractivity contribution in [1.29, 1.82) is 0 Å². The summed E-state index contributed by atoms with van der Waals surface area (Å²) in [5, 5.41) is 13.4. The molecule has 88 valence electrons. The highest BCUT2D eigenvalue weighted by Crippen LogP contribution is 2.28. The van der Waals surface area contributed by atoms with Crippen LogP contribution in [0.5, 0.6) is 0 Å². The quantitative estimate of drug-likeness (QED) is 0.690. The Bertz CT molecular complexity index is 744. The summed E-state index contributed by atoms with van der Waals surface area (Å²) in [5.41, 5.74) is 0.872. The van der Waals surface area contributed by atoms with E-state index in [0.29, 0.717) is 0 Å². The van der Waals surface area contributed by atoms with Crippen LogP contribution in [0.1, 0.15) is 5.56 Å². The topological polar surface area (TPSA) is 37.3 Å². The van der Waals surface area contributed by atoms with Gasteiger partial charge in [-0.05, 0) is 33.2 Å². The molecule has 2 heteroatoms. The van der Waals surface area contributed by atoms with Crippen LogP contribution in [0, 0.1) is 0 Å². The molecule has 0 aliphatic carbocycles. The van der Waals surface area contributed by atoms with Gasteiger partial charge in [-0.2, -0.15) is 0 Å². The number of benzene rings is 3. The van der Waals surface area contributed by atoms with Gasteiger partial charge in [0.15, 0.2) is 0 Å². The molecule has 3 aromatic rings. The third-order valence-corrected chi connectivity index (χ3v) is 3.20. The van der Waals surface area contributed by atoms with Crippen LogP contribution in [0.2, 0.25) is 0 Å². The molecule has 0 fully saturated rings. The van der Waals surface area contributed by atoms with Crippen LogP contribution >= 0.6 is 0 Å². The second-order valence-electron chi connectivity index (χ2n) is 4.37. The molecule has 0 aliphatic heterocycles. The zero-order valence-electron chi connectivity index (χ0n) is 9.76. The molecule has 0 aromatic heterocycles. The van der Waals surface area contributed by atoms with Gasteiger partial charge in [-0.15, -0.1) is 0 Å². The van der Waals surface area contributed by atoms with E-state index < -0.39 is 5.97 Å². The van der Waals surface area contributed by atoms with E-state index >= 15 is 0 Å². The zero-order valence-corrected chi connectivity index (χ0v) is 9.76. The summed E-state index contributed by atoms with van der Waals surface area (Å²) in [6.45, 7) is 0. The van der Waals surface area contributed by atoms with Crippen molar-refractivity contribution in [2.24, 2.45) is 0 Å². The first-order valence-corrected chi connectivity index (χ1v) is 5.87. The number of carboxylic acid groups (broad SMARTS) is 1. The fraction of sp³-hybridized carbons (Fsp3) is 0.0625. The van der Waals surface area contributed by atoms with E-state index in [0.717, 1.165) is 21.7 Å². The molecule has 18 heavy (non-hydrogen) atoms. The zero-order chi connectivity index (χ0) is 12.5. The maximum atomic E-state index is 10.9. The predicted octanol–water partition coefficient (Wildman–Crippen LogP) is 3.62. The van der Waals surface area contributed by atoms with Crippen molar-refractivity contribution in [1.82, 2.24) is 0 Å². The molecule has 3 aromatic carbocycles. The molecular weight excluding hydrogens is 224 g/mol. The number of fused-ring (bicyclic) bond motifs is 3. The maximum Gasteiger partial charge on any atom is 0.307 e. The third-order valence-electron chi connectivity index (χ3n) is 3.20. The minimum atomic E-state index is -0.796. The smallest absolute Gasteiger partial charge is 0.307 e. The van der Waals surface area contributed by atoms with Crippen LogP contribution in [0.15, 0.2) is 54.6 Å². The second kappa shape index (κ2) is 4.15. The van der Waals surface area contributed by atoms with Gasteiger partial charge in [-0.25, -0.2) is 0 Å². The van der Waals surface area contributed by atoms with E-state index in [2.05, 4.69) is 6.07 Å². The van der Waals surface area contributed by atoms with Crippen molar-refractivity contribution in [3.63, 3.8) is 0 Å². The fourth-order valence-electron chi connectivity index (χ4n) is 2.44. The molecule has 0 bridgehead atoms. The van der Waals surface area contributed by atoms with Gasteiger partial charge in [0.2, 0.25) is 0 Å². The Kier molecular flexibility index (Phi) is 2.49. The van der Waals surface area contributed by atoms with Gasteiger partial charge in [-0.3, -0.25) is 4.79 Å². The van der Waals surface area contributed by atoms with E-state index in [1.54, 1.807) is 0 Å². The molecule has 0 heterocycles. The van der Waals surface area contributed by atoms with Crippen molar-refractivity contribution >= 4 is 27.5 Å². The van der Waals surface area contributed by atoms with Crippen LogP contribution in [0.4, 0.5) is 0 Å². The molecule has 0 aliphatic rings.